The highest BCUT2D eigenvalue weighted by molar-refractivity contribution is 6.46. The van der Waals surface area contributed by atoms with E-state index in [4.69, 9.17) is 0 Å². The third-order valence-electron chi connectivity index (χ3n) is 3.36. The summed E-state index contributed by atoms with van der Waals surface area (Å²) in [6.07, 6.45) is 8.72. The molecule has 0 saturated heterocycles. The molecule has 21 heavy (non-hydrogen) atoms. The number of Topliss-reactive ketones (excluding diaryl/α,β-unsaturated/α-hetero) is 1. The topological polar surface area (TPSA) is 51.2 Å². The Morgan fingerprint density at radius 2 is 1.90 bits per heavy atom. The van der Waals surface area contributed by atoms with Crippen molar-refractivity contribution in [3.05, 3.63) is 65.3 Å². The number of allylic oxidation sites excluding steroid dienone is 5. The van der Waals surface area contributed by atoms with Crippen molar-refractivity contribution < 1.29 is 14.4 Å². The Hall–Kier alpha value is -2.55. The van der Waals surface area contributed by atoms with E-state index >= 15 is 0 Å². The maximum atomic E-state index is 12.1. The van der Waals surface area contributed by atoms with Gasteiger partial charge in [-0.15, -0.1) is 0 Å². The quantitative estimate of drug-likeness (QED) is 0.486. The molecule has 0 amide bonds. The SMILES string of the molecule is Cc1ccc(C)c(/C=C/C(=O)C2C=CC=CC(=O)C2=O)c1. The lowest BCUT2D eigenvalue weighted by molar-refractivity contribution is -0.138. The molecule has 0 heterocycles. The zero-order valence-corrected chi connectivity index (χ0v) is 12.0. The van der Waals surface area contributed by atoms with Crippen LogP contribution in [0.5, 0.6) is 0 Å². The molecular formula is C18H16O3. The van der Waals surface area contributed by atoms with Gasteiger partial charge >= 0.3 is 0 Å². The number of rotatable bonds is 3. The summed E-state index contributed by atoms with van der Waals surface area (Å²) in [5, 5.41) is 0. The van der Waals surface area contributed by atoms with Gasteiger partial charge in [0.05, 0.1) is 0 Å². The van der Waals surface area contributed by atoms with Crippen molar-refractivity contribution in [1.82, 2.24) is 0 Å². The van der Waals surface area contributed by atoms with Crippen LogP contribution in [0.3, 0.4) is 0 Å². The van der Waals surface area contributed by atoms with Gasteiger partial charge in [-0.25, -0.2) is 0 Å². The van der Waals surface area contributed by atoms with Gasteiger partial charge in [-0.1, -0.05) is 48.1 Å². The van der Waals surface area contributed by atoms with Crippen LogP contribution in [0.1, 0.15) is 16.7 Å². The van der Waals surface area contributed by atoms with E-state index in [2.05, 4.69) is 0 Å². The van der Waals surface area contributed by atoms with Crippen molar-refractivity contribution in [2.24, 2.45) is 5.92 Å². The summed E-state index contributed by atoms with van der Waals surface area (Å²) in [4.78, 5) is 35.4. The van der Waals surface area contributed by atoms with Crippen LogP contribution in [-0.4, -0.2) is 17.3 Å². The van der Waals surface area contributed by atoms with E-state index < -0.39 is 17.5 Å². The second-order valence-corrected chi connectivity index (χ2v) is 5.05. The predicted molar refractivity (Wildman–Crippen MR) is 81.7 cm³/mol. The van der Waals surface area contributed by atoms with Gasteiger partial charge < -0.3 is 0 Å². The normalized spacial score (nSPS) is 18.3. The largest absolute Gasteiger partial charge is 0.294 e. The highest BCUT2D eigenvalue weighted by Gasteiger charge is 2.27. The van der Waals surface area contributed by atoms with E-state index in [1.54, 1.807) is 12.2 Å². The Morgan fingerprint density at radius 1 is 1.14 bits per heavy atom. The molecule has 0 spiro atoms. The zero-order chi connectivity index (χ0) is 15.4. The minimum Gasteiger partial charge on any atom is -0.294 e. The molecule has 2 rings (SSSR count). The van der Waals surface area contributed by atoms with Crippen LogP contribution in [0.4, 0.5) is 0 Å². The molecule has 0 saturated carbocycles. The van der Waals surface area contributed by atoms with E-state index in [1.165, 1.54) is 24.3 Å². The van der Waals surface area contributed by atoms with Crippen LogP contribution in [0.25, 0.3) is 6.08 Å². The fourth-order valence-electron chi connectivity index (χ4n) is 2.08. The van der Waals surface area contributed by atoms with Crippen molar-refractivity contribution in [3.8, 4) is 0 Å². The fraction of sp³-hybridized carbons (Fsp3) is 0.167. The summed E-state index contributed by atoms with van der Waals surface area (Å²) >= 11 is 0. The molecule has 0 radical (unpaired) electrons. The van der Waals surface area contributed by atoms with Gasteiger partial charge in [0.2, 0.25) is 11.6 Å². The maximum absolute atomic E-state index is 12.1. The highest BCUT2D eigenvalue weighted by atomic mass is 16.2. The maximum Gasteiger partial charge on any atom is 0.222 e. The van der Waals surface area contributed by atoms with Crippen molar-refractivity contribution in [2.45, 2.75) is 13.8 Å². The molecule has 0 bridgehead atoms. The summed E-state index contributed by atoms with van der Waals surface area (Å²) in [6, 6.07) is 5.94. The Kier molecular flexibility index (Phi) is 4.43. The number of carbonyl (C=O) groups is 3. The van der Waals surface area contributed by atoms with Gasteiger partial charge in [0.25, 0.3) is 0 Å². The Labute approximate surface area is 123 Å². The van der Waals surface area contributed by atoms with Crippen LogP contribution in [0.2, 0.25) is 0 Å². The Bertz CT molecular complexity index is 690. The molecule has 3 nitrogen and oxygen atoms in total. The van der Waals surface area contributed by atoms with Crippen LogP contribution < -0.4 is 0 Å². The molecule has 0 aromatic heterocycles. The smallest absolute Gasteiger partial charge is 0.222 e. The number of ketones is 3. The summed E-state index contributed by atoms with van der Waals surface area (Å²) in [6.45, 7) is 3.92. The molecule has 3 heteroatoms. The number of hydrogen-bond donors (Lipinski definition) is 0. The predicted octanol–water partition coefficient (Wildman–Crippen LogP) is 2.77. The molecule has 1 aromatic carbocycles. The lowest BCUT2D eigenvalue weighted by Crippen LogP contribution is -2.26. The van der Waals surface area contributed by atoms with Crippen LogP contribution in [-0.2, 0) is 14.4 Å². The van der Waals surface area contributed by atoms with E-state index in [1.807, 2.05) is 32.0 Å². The first-order valence-electron chi connectivity index (χ1n) is 6.71. The second kappa shape index (κ2) is 6.27. The Morgan fingerprint density at radius 3 is 2.67 bits per heavy atom. The van der Waals surface area contributed by atoms with Crippen LogP contribution in [0, 0.1) is 19.8 Å². The van der Waals surface area contributed by atoms with Gasteiger partial charge in [-0.05, 0) is 37.1 Å². The first-order chi connectivity index (χ1) is 9.99. The monoisotopic (exact) mass is 280 g/mol. The lowest BCUT2D eigenvalue weighted by Gasteiger charge is -2.05. The van der Waals surface area contributed by atoms with Crippen molar-refractivity contribution in [3.63, 3.8) is 0 Å². The van der Waals surface area contributed by atoms with E-state index in [-0.39, 0.29) is 5.78 Å². The van der Waals surface area contributed by atoms with Gasteiger partial charge in [0.15, 0.2) is 5.78 Å². The number of hydrogen-bond acceptors (Lipinski definition) is 3. The molecule has 0 fully saturated rings. The zero-order valence-electron chi connectivity index (χ0n) is 12.0. The van der Waals surface area contributed by atoms with Gasteiger partial charge in [0, 0.05) is 0 Å². The number of benzene rings is 1. The molecule has 1 aromatic rings. The van der Waals surface area contributed by atoms with E-state index in [9.17, 15) is 14.4 Å². The van der Waals surface area contributed by atoms with E-state index in [0.717, 1.165) is 16.7 Å². The molecule has 1 atom stereocenters. The number of aryl methyl sites for hydroxylation is 2. The second-order valence-electron chi connectivity index (χ2n) is 5.05. The average Bonchev–Trinajstić information content (AvgIpc) is 2.62. The summed E-state index contributed by atoms with van der Waals surface area (Å²) in [5.41, 5.74) is 3.07. The van der Waals surface area contributed by atoms with Gasteiger partial charge in [-0.3, -0.25) is 14.4 Å². The standard InChI is InChI=1S/C18H16O3/c1-12-7-8-13(2)14(11-12)9-10-16(19)15-5-3-4-6-17(20)18(15)21/h3-11,15H,1-2H3/b10-9+. The van der Waals surface area contributed by atoms with Crippen LogP contribution >= 0.6 is 0 Å². The molecule has 1 aliphatic carbocycles. The van der Waals surface area contributed by atoms with E-state index in [0.29, 0.717) is 0 Å². The minimum absolute atomic E-state index is 0.380. The molecule has 1 unspecified atom stereocenters. The molecule has 106 valence electrons. The molecule has 0 aliphatic heterocycles. The molecular weight excluding hydrogens is 264 g/mol. The average molecular weight is 280 g/mol. The Balaban J connectivity index is 2.21. The first-order valence-corrected chi connectivity index (χ1v) is 6.71. The molecule has 0 N–H and O–H groups in total. The van der Waals surface area contributed by atoms with Gasteiger partial charge in [-0.2, -0.15) is 0 Å². The van der Waals surface area contributed by atoms with Crippen LogP contribution in [0.15, 0.2) is 48.6 Å². The minimum atomic E-state index is -1.02. The lowest BCUT2D eigenvalue weighted by atomic mass is 9.95. The van der Waals surface area contributed by atoms with Crippen molar-refractivity contribution >= 4 is 23.4 Å². The summed E-state index contributed by atoms with van der Waals surface area (Å²) in [5.74, 6) is -2.72. The van der Waals surface area contributed by atoms with Crippen molar-refractivity contribution in [1.29, 1.82) is 0 Å². The number of carbonyl (C=O) groups excluding carboxylic acids is 3. The highest BCUT2D eigenvalue weighted by Crippen LogP contribution is 2.14. The third kappa shape index (κ3) is 3.51. The van der Waals surface area contributed by atoms with Gasteiger partial charge in [0.1, 0.15) is 5.92 Å². The fourth-order valence-corrected chi connectivity index (χ4v) is 2.08. The summed E-state index contributed by atoms with van der Waals surface area (Å²) in [7, 11) is 0. The summed E-state index contributed by atoms with van der Waals surface area (Å²) < 4.78 is 0. The molecule has 1 aliphatic rings. The third-order valence-corrected chi connectivity index (χ3v) is 3.36. The van der Waals surface area contributed by atoms with Crippen molar-refractivity contribution in [2.75, 3.05) is 0 Å². The first kappa shape index (κ1) is 14.9.